The third-order valence-electron chi connectivity index (χ3n) is 2.23. The molecule has 0 atom stereocenters. The van der Waals surface area contributed by atoms with E-state index < -0.39 is 0 Å². The fourth-order valence-corrected chi connectivity index (χ4v) is 1.41. The van der Waals surface area contributed by atoms with Gasteiger partial charge in [-0.1, -0.05) is 12.1 Å². The summed E-state index contributed by atoms with van der Waals surface area (Å²) < 4.78 is 5.30. The lowest BCUT2D eigenvalue weighted by Crippen LogP contribution is -1.97. The molecule has 0 aliphatic carbocycles. The van der Waals surface area contributed by atoms with Gasteiger partial charge in [0.15, 0.2) is 0 Å². The van der Waals surface area contributed by atoms with Crippen LogP contribution in [0.4, 0.5) is 5.69 Å². The van der Waals surface area contributed by atoms with E-state index in [1.165, 1.54) is 0 Å². The number of benzene rings is 1. The number of aliphatic hydroxyl groups is 1. The van der Waals surface area contributed by atoms with Crippen molar-refractivity contribution < 1.29 is 14.6 Å². The lowest BCUT2D eigenvalue weighted by Gasteiger charge is -2.05. The second-order valence-corrected chi connectivity index (χ2v) is 3.40. The Morgan fingerprint density at radius 2 is 1.81 bits per heavy atom. The molecule has 0 bridgehead atoms. The Balaban J connectivity index is 1.99. The van der Waals surface area contributed by atoms with Crippen molar-refractivity contribution in [3.8, 4) is 5.75 Å². The smallest absolute Gasteiger partial charge is 0.138 e. The highest BCUT2D eigenvalue weighted by molar-refractivity contribution is 5.55. The van der Waals surface area contributed by atoms with Crippen LogP contribution in [0, 0.1) is 0 Å². The van der Waals surface area contributed by atoms with Crippen molar-refractivity contribution in [3.05, 3.63) is 47.9 Å². The largest absolute Gasteiger partial charge is 0.506 e. The monoisotopic (exact) mass is 219 g/mol. The Labute approximate surface area is 93.2 Å². The van der Waals surface area contributed by atoms with E-state index in [0.717, 1.165) is 0 Å². The van der Waals surface area contributed by atoms with Gasteiger partial charge in [0, 0.05) is 0 Å². The number of rotatable bonds is 4. The fraction of sp³-hybridized carbons (Fsp3) is 0.167. The molecule has 16 heavy (non-hydrogen) atoms. The summed E-state index contributed by atoms with van der Waals surface area (Å²) in [6, 6.07) is 10.5. The summed E-state index contributed by atoms with van der Waals surface area (Å²) in [4.78, 5) is 0. The van der Waals surface area contributed by atoms with E-state index in [1.807, 2.05) is 6.07 Å². The number of hydrogen-bond acceptors (Lipinski definition) is 4. The number of furan rings is 1. The molecular weight excluding hydrogens is 206 g/mol. The summed E-state index contributed by atoms with van der Waals surface area (Å²) in [5.74, 6) is 1.46. The molecule has 0 unspecified atom stereocenters. The lowest BCUT2D eigenvalue weighted by atomic mass is 10.3. The van der Waals surface area contributed by atoms with Crippen molar-refractivity contribution in [2.45, 2.75) is 13.2 Å². The third-order valence-corrected chi connectivity index (χ3v) is 2.23. The van der Waals surface area contributed by atoms with Crippen molar-refractivity contribution in [2.24, 2.45) is 0 Å². The lowest BCUT2D eigenvalue weighted by molar-refractivity contribution is 0.244. The predicted molar refractivity (Wildman–Crippen MR) is 60.1 cm³/mol. The molecule has 84 valence electrons. The highest BCUT2D eigenvalue weighted by atomic mass is 16.4. The number of para-hydroxylation sites is 2. The van der Waals surface area contributed by atoms with Crippen LogP contribution >= 0.6 is 0 Å². The molecule has 0 amide bonds. The molecule has 0 saturated heterocycles. The first-order valence-corrected chi connectivity index (χ1v) is 5.00. The molecule has 0 aliphatic rings. The van der Waals surface area contributed by atoms with Gasteiger partial charge >= 0.3 is 0 Å². The summed E-state index contributed by atoms with van der Waals surface area (Å²) in [5, 5.41) is 21.4. The first kappa shape index (κ1) is 10.6. The Kier molecular flexibility index (Phi) is 3.12. The molecule has 0 radical (unpaired) electrons. The number of aliphatic hydroxyl groups excluding tert-OH is 1. The summed E-state index contributed by atoms with van der Waals surface area (Å²) >= 11 is 0. The Morgan fingerprint density at radius 1 is 1.06 bits per heavy atom. The molecule has 0 saturated carbocycles. The molecule has 1 heterocycles. The predicted octanol–water partition coefficient (Wildman–Crippen LogP) is 2.09. The van der Waals surface area contributed by atoms with Gasteiger partial charge < -0.3 is 19.9 Å². The molecule has 3 N–H and O–H groups in total. The van der Waals surface area contributed by atoms with Crippen LogP contribution in [-0.4, -0.2) is 10.2 Å². The molecule has 2 rings (SSSR count). The Bertz CT molecular complexity index is 465. The zero-order valence-corrected chi connectivity index (χ0v) is 8.68. The maximum Gasteiger partial charge on any atom is 0.138 e. The average Bonchev–Trinajstić information content (AvgIpc) is 2.76. The summed E-state index contributed by atoms with van der Waals surface area (Å²) in [7, 11) is 0. The third kappa shape index (κ3) is 2.35. The fourth-order valence-electron chi connectivity index (χ4n) is 1.41. The highest BCUT2D eigenvalue weighted by Gasteiger charge is 2.02. The van der Waals surface area contributed by atoms with Crippen LogP contribution in [0.1, 0.15) is 11.5 Å². The normalized spacial score (nSPS) is 10.3. The molecule has 2 aromatic rings. The number of phenols is 1. The number of nitrogens with one attached hydrogen (secondary N) is 1. The quantitative estimate of drug-likeness (QED) is 0.689. The highest BCUT2D eigenvalue weighted by Crippen LogP contribution is 2.22. The van der Waals surface area contributed by atoms with E-state index in [0.29, 0.717) is 23.8 Å². The van der Waals surface area contributed by atoms with Gasteiger partial charge in [-0.05, 0) is 24.3 Å². The zero-order valence-electron chi connectivity index (χ0n) is 8.68. The number of hydrogen-bond donors (Lipinski definition) is 3. The van der Waals surface area contributed by atoms with Gasteiger partial charge in [0.05, 0.1) is 12.2 Å². The van der Waals surface area contributed by atoms with E-state index in [9.17, 15) is 5.11 Å². The van der Waals surface area contributed by atoms with Gasteiger partial charge in [-0.3, -0.25) is 0 Å². The number of phenolic OH excluding ortho intramolecular Hbond substituents is 1. The summed E-state index contributed by atoms with van der Waals surface area (Å²) in [6.45, 7) is 0.369. The minimum absolute atomic E-state index is 0.101. The van der Waals surface area contributed by atoms with Crippen LogP contribution in [0.2, 0.25) is 0 Å². The minimum atomic E-state index is -0.101. The van der Waals surface area contributed by atoms with Crippen molar-refractivity contribution in [1.82, 2.24) is 0 Å². The minimum Gasteiger partial charge on any atom is -0.506 e. The first-order chi connectivity index (χ1) is 7.79. The molecule has 0 aliphatic heterocycles. The standard InChI is InChI=1S/C12H13NO3/c14-8-10-6-5-9(16-10)7-13-11-3-1-2-4-12(11)15/h1-6,13-15H,7-8H2. The van der Waals surface area contributed by atoms with Crippen molar-refractivity contribution in [3.63, 3.8) is 0 Å². The van der Waals surface area contributed by atoms with E-state index in [4.69, 9.17) is 9.52 Å². The van der Waals surface area contributed by atoms with Crippen LogP contribution in [0.5, 0.6) is 5.75 Å². The number of aromatic hydroxyl groups is 1. The van der Waals surface area contributed by atoms with Gasteiger partial charge in [0.1, 0.15) is 23.9 Å². The molecule has 0 spiro atoms. The second-order valence-electron chi connectivity index (χ2n) is 3.40. The van der Waals surface area contributed by atoms with Gasteiger partial charge in [-0.2, -0.15) is 0 Å². The Hall–Kier alpha value is -1.94. The van der Waals surface area contributed by atoms with E-state index in [-0.39, 0.29) is 12.4 Å². The van der Waals surface area contributed by atoms with Crippen molar-refractivity contribution >= 4 is 5.69 Å². The second kappa shape index (κ2) is 4.72. The summed E-state index contributed by atoms with van der Waals surface area (Å²) in [6.07, 6.45) is 0. The SMILES string of the molecule is OCc1ccc(CNc2ccccc2O)o1. The van der Waals surface area contributed by atoms with Gasteiger partial charge in [-0.25, -0.2) is 0 Å². The Morgan fingerprint density at radius 3 is 2.50 bits per heavy atom. The van der Waals surface area contributed by atoms with E-state index in [1.54, 1.807) is 30.3 Å². The van der Waals surface area contributed by atoms with Gasteiger partial charge in [-0.15, -0.1) is 0 Å². The van der Waals surface area contributed by atoms with Crippen molar-refractivity contribution in [1.29, 1.82) is 0 Å². The first-order valence-electron chi connectivity index (χ1n) is 5.00. The molecular formula is C12H13NO3. The van der Waals surface area contributed by atoms with Crippen LogP contribution in [-0.2, 0) is 13.2 Å². The molecule has 0 fully saturated rings. The molecule has 4 heteroatoms. The average molecular weight is 219 g/mol. The number of anilines is 1. The molecule has 1 aromatic heterocycles. The van der Waals surface area contributed by atoms with Crippen LogP contribution in [0.3, 0.4) is 0 Å². The van der Waals surface area contributed by atoms with Crippen LogP contribution in [0.15, 0.2) is 40.8 Å². The van der Waals surface area contributed by atoms with Crippen LogP contribution < -0.4 is 5.32 Å². The molecule has 1 aromatic carbocycles. The summed E-state index contributed by atoms with van der Waals surface area (Å²) in [5.41, 5.74) is 0.657. The van der Waals surface area contributed by atoms with Gasteiger partial charge in [0.2, 0.25) is 0 Å². The zero-order chi connectivity index (χ0) is 11.4. The van der Waals surface area contributed by atoms with E-state index >= 15 is 0 Å². The van der Waals surface area contributed by atoms with Crippen LogP contribution in [0.25, 0.3) is 0 Å². The van der Waals surface area contributed by atoms with Gasteiger partial charge in [0.25, 0.3) is 0 Å². The maximum absolute atomic E-state index is 9.51. The molecule has 4 nitrogen and oxygen atoms in total. The topological polar surface area (TPSA) is 65.6 Å². The van der Waals surface area contributed by atoms with E-state index in [2.05, 4.69) is 5.32 Å². The van der Waals surface area contributed by atoms with Crippen molar-refractivity contribution in [2.75, 3.05) is 5.32 Å². The maximum atomic E-state index is 9.51.